The van der Waals surface area contributed by atoms with Gasteiger partial charge < -0.3 is 0 Å². The Morgan fingerprint density at radius 2 is 1.46 bits per heavy atom. The Hall–Kier alpha value is -3.64. The lowest BCUT2D eigenvalue weighted by Crippen LogP contribution is -2.05. The number of rotatable bonds is 9. The molecule has 188 valence electrons. The van der Waals surface area contributed by atoms with Crippen molar-refractivity contribution < 1.29 is 0 Å². The Morgan fingerprint density at radius 1 is 0.784 bits per heavy atom. The van der Waals surface area contributed by atoms with Crippen LogP contribution in [0.25, 0.3) is 21.9 Å². The molecule has 0 spiro atoms. The van der Waals surface area contributed by atoms with Crippen LogP contribution < -0.4 is 0 Å². The number of benzene rings is 4. The van der Waals surface area contributed by atoms with Gasteiger partial charge in [0.15, 0.2) is 0 Å². The molecule has 2 atom stereocenters. The molecule has 0 nitrogen and oxygen atoms in total. The Labute approximate surface area is 224 Å². The lowest BCUT2D eigenvalue weighted by Gasteiger charge is -2.24. The molecule has 0 fully saturated rings. The number of fused-ring (bicyclic) bond motifs is 1. The highest BCUT2D eigenvalue weighted by Crippen LogP contribution is 2.41. The van der Waals surface area contributed by atoms with Crippen LogP contribution in [-0.4, -0.2) is 0 Å². The van der Waals surface area contributed by atoms with Gasteiger partial charge >= 0.3 is 0 Å². The first-order chi connectivity index (χ1) is 18.0. The highest BCUT2D eigenvalue weighted by molar-refractivity contribution is 6.02. The van der Waals surface area contributed by atoms with Crippen molar-refractivity contribution in [1.82, 2.24) is 0 Å². The summed E-state index contributed by atoms with van der Waals surface area (Å²) >= 11 is 0. The molecule has 0 aliphatic carbocycles. The molecule has 0 amide bonds. The SMILES string of the molecule is C=C(/C=C(\C(C)=CC)c1c(C(CC)c2ccccc2)ccc2ccccc12)c1ccccc1C(C)CC. The van der Waals surface area contributed by atoms with Crippen LogP contribution in [0.2, 0.25) is 0 Å². The van der Waals surface area contributed by atoms with Gasteiger partial charge in [-0.25, -0.2) is 0 Å². The van der Waals surface area contributed by atoms with E-state index >= 15 is 0 Å². The maximum Gasteiger partial charge on any atom is 0.00931 e. The molecule has 2 unspecified atom stereocenters. The molecule has 0 aromatic heterocycles. The van der Waals surface area contributed by atoms with Gasteiger partial charge in [0, 0.05) is 5.92 Å². The van der Waals surface area contributed by atoms with Crippen molar-refractivity contribution in [2.45, 2.75) is 59.3 Å². The largest absolute Gasteiger partial charge is 0.0911 e. The van der Waals surface area contributed by atoms with Crippen LogP contribution in [0.3, 0.4) is 0 Å². The third-order valence-corrected chi connectivity index (χ3v) is 7.84. The number of hydrogen-bond acceptors (Lipinski definition) is 0. The molecule has 0 saturated carbocycles. The standard InChI is InChI=1S/C37H40/c1-7-26(4)32-20-15-16-21-33(32)28(6)25-36(27(5)8-2)37-34-22-14-13-19-30(34)23-24-35(37)31(9-3)29-17-11-10-12-18-29/h8,10-26,31H,6-7,9H2,1-5H3/b27-8?,36-25+. The summed E-state index contributed by atoms with van der Waals surface area (Å²) in [6.07, 6.45) is 6.71. The van der Waals surface area contributed by atoms with E-state index in [0.717, 1.165) is 18.4 Å². The minimum absolute atomic E-state index is 0.314. The van der Waals surface area contributed by atoms with E-state index in [4.69, 9.17) is 0 Å². The third-order valence-electron chi connectivity index (χ3n) is 7.84. The average molecular weight is 485 g/mol. The zero-order valence-corrected chi connectivity index (χ0v) is 23.1. The highest BCUT2D eigenvalue weighted by atomic mass is 14.2. The maximum atomic E-state index is 4.61. The molecule has 0 bridgehead atoms. The fourth-order valence-electron chi connectivity index (χ4n) is 5.43. The summed E-state index contributed by atoms with van der Waals surface area (Å²) in [5.74, 6) is 0.804. The molecule has 4 rings (SSSR count). The minimum atomic E-state index is 0.314. The van der Waals surface area contributed by atoms with Crippen molar-refractivity contribution in [3.8, 4) is 0 Å². The molecule has 0 heterocycles. The van der Waals surface area contributed by atoms with E-state index in [1.807, 2.05) is 0 Å². The van der Waals surface area contributed by atoms with Gasteiger partial charge in [0.25, 0.3) is 0 Å². The smallest absolute Gasteiger partial charge is 0.00931 e. The molecule has 0 aliphatic heterocycles. The van der Waals surface area contributed by atoms with Crippen LogP contribution in [0.15, 0.2) is 115 Å². The van der Waals surface area contributed by atoms with Crippen molar-refractivity contribution in [1.29, 1.82) is 0 Å². The molecule has 0 N–H and O–H groups in total. The lowest BCUT2D eigenvalue weighted by molar-refractivity contribution is 0.732. The maximum absolute atomic E-state index is 4.61. The Bertz CT molecular complexity index is 1430. The molecule has 0 saturated heterocycles. The third kappa shape index (κ3) is 5.54. The van der Waals surface area contributed by atoms with Gasteiger partial charge in [-0.2, -0.15) is 0 Å². The molecule has 0 radical (unpaired) electrons. The monoisotopic (exact) mass is 484 g/mol. The summed E-state index contributed by atoms with van der Waals surface area (Å²) in [5, 5.41) is 2.56. The van der Waals surface area contributed by atoms with Crippen molar-refractivity contribution in [2.75, 3.05) is 0 Å². The zero-order valence-electron chi connectivity index (χ0n) is 23.1. The van der Waals surface area contributed by atoms with Gasteiger partial charge in [0.05, 0.1) is 0 Å². The molecule has 0 heteroatoms. The summed E-state index contributed by atoms with van der Waals surface area (Å²) in [4.78, 5) is 0. The second-order valence-electron chi connectivity index (χ2n) is 10.1. The second kappa shape index (κ2) is 12.1. The first-order valence-electron chi connectivity index (χ1n) is 13.7. The molecule has 37 heavy (non-hydrogen) atoms. The molecular formula is C37H40. The summed E-state index contributed by atoms with van der Waals surface area (Å²) < 4.78 is 0. The molecular weight excluding hydrogens is 444 g/mol. The second-order valence-corrected chi connectivity index (χ2v) is 10.1. The summed E-state index contributed by atoms with van der Waals surface area (Å²) in [5.41, 5.74) is 10.3. The first kappa shape index (κ1) is 26.4. The summed E-state index contributed by atoms with van der Waals surface area (Å²) in [7, 11) is 0. The van der Waals surface area contributed by atoms with Gasteiger partial charge in [0.2, 0.25) is 0 Å². The van der Waals surface area contributed by atoms with E-state index in [1.165, 1.54) is 49.7 Å². The van der Waals surface area contributed by atoms with Crippen LogP contribution in [0.5, 0.6) is 0 Å². The van der Waals surface area contributed by atoms with E-state index in [9.17, 15) is 0 Å². The predicted octanol–water partition coefficient (Wildman–Crippen LogP) is 11.0. The van der Waals surface area contributed by atoms with E-state index in [1.54, 1.807) is 0 Å². The average Bonchev–Trinajstić information content (AvgIpc) is 2.96. The number of hydrogen-bond donors (Lipinski definition) is 0. The van der Waals surface area contributed by atoms with E-state index < -0.39 is 0 Å². The van der Waals surface area contributed by atoms with Gasteiger partial charge in [-0.1, -0.05) is 124 Å². The van der Waals surface area contributed by atoms with Gasteiger partial charge in [0.1, 0.15) is 0 Å². The topological polar surface area (TPSA) is 0 Å². The van der Waals surface area contributed by atoms with E-state index in [-0.39, 0.29) is 0 Å². The Balaban J connectivity index is 2.00. The normalized spacial score (nSPS) is 14.0. The van der Waals surface area contributed by atoms with E-state index in [2.05, 4.69) is 144 Å². The summed E-state index contributed by atoms with van der Waals surface area (Å²) in [6.45, 7) is 15.8. The number of allylic oxidation sites excluding steroid dienone is 5. The fourth-order valence-corrected chi connectivity index (χ4v) is 5.43. The van der Waals surface area contributed by atoms with Crippen LogP contribution in [-0.2, 0) is 0 Å². The van der Waals surface area contributed by atoms with Crippen molar-refractivity contribution in [3.05, 3.63) is 143 Å². The predicted molar refractivity (Wildman–Crippen MR) is 164 cm³/mol. The van der Waals surface area contributed by atoms with E-state index in [0.29, 0.717) is 11.8 Å². The van der Waals surface area contributed by atoms with Crippen molar-refractivity contribution >= 4 is 21.9 Å². The molecule has 4 aromatic rings. The minimum Gasteiger partial charge on any atom is -0.0911 e. The van der Waals surface area contributed by atoms with Crippen LogP contribution in [0.4, 0.5) is 0 Å². The Kier molecular flexibility index (Phi) is 8.62. The highest BCUT2D eigenvalue weighted by Gasteiger charge is 2.21. The molecule has 4 aromatic carbocycles. The van der Waals surface area contributed by atoms with Gasteiger partial charge in [-0.05, 0) is 94.0 Å². The van der Waals surface area contributed by atoms with Gasteiger partial charge in [-0.3, -0.25) is 0 Å². The molecule has 0 aliphatic rings. The van der Waals surface area contributed by atoms with Crippen molar-refractivity contribution in [2.24, 2.45) is 0 Å². The Morgan fingerprint density at radius 3 is 2.16 bits per heavy atom. The lowest BCUT2D eigenvalue weighted by atomic mass is 9.79. The van der Waals surface area contributed by atoms with Crippen molar-refractivity contribution in [3.63, 3.8) is 0 Å². The quantitative estimate of drug-likeness (QED) is 0.207. The van der Waals surface area contributed by atoms with Gasteiger partial charge in [-0.15, -0.1) is 0 Å². The van der Waals surface area contributed by atoms with Crippen LogP contribution >= 0.6 is 0 Å². The first-order valence-corrected chi connectivity index (χ1v) is 13.7. The summed E-state index contributed by atoms with van der Waals surface area (Å²) in [6, 6.07) is 33.1. The van der Waals surface area contributed by atoms with Crippen LogP contribution in [0, 0.1) is 0 Å². The fraction of sp³-hybridized carbons (Fsp3) is 0.243. The zero-order chi connectivity index (χ0) is 26.4. The van der Waals surface area contributed by atoms with Crippen LogP contribution in [0.1, 0.15) is 87.1 Å².